The summed E-state index contributed by atoms with van der Waals surface area (Å²) in [5.74, 6) is -1.59. The lowest BCUT2D eigenvalue weighted by Gasteiger charge is -2.28. The van der Waals surface area contributed by atoms with Gasteiger partial charge in [0.2, 0.25) is 0 Å². The van der Waals surface area contributed by atoms with Gasteiger partial charge in [-0.15, -0.1) is 5.10 Å². The van der Waals surface area contributed by atoms with Crippen molar-refractivity contribution < 1.29 is 23.1 Å². The molecule has 1 saturated heterocycles. The van der Waals surface area contributed by atoms with E-state index >= 15 is 0 Å². The van der Waals surface area contributed by atoms with Crippen LogP contribution in [0, 0.1) is 0 Å². The average molecular weight is 367 g/mol. The van der Waals surface area contributed by atoms with Gasteiger partial charge in [-0.25, -0.2) is 4.68 Å². The Morgan fingerprint density at radius 2 is 1.96 bits per heavy atom. The van der Waals surface area contributed by atoms with Crippen LogP contribution in [0.1, 0.15) is 19.6 Å². The fourth-order valence-electron chi connectivity index (χ4n) is 2.82. The number of aromatic nitrogens is 3. The van der Waals surface area contributed by atoms with Crippen LogP contribution in [-0.4, -0.2) is 47.7 Å². The Morgan fingerprint density at radius 3 is 2.52 bits per heavy atom. The Bertz CT molecular complexity index is 756. The SMILES string of the molecule is COP(=O)(OC)[C@H](C1COC(C)(C)O1)n1cc(-c2ccccc2)nn1. The minimum absolute atomic E-state index is 0.245. The van der Waals surface area contributed by atoms with E-state index in [1.165, 1.54) is 18.9 Å². The lowest BCUT2D eigenvalue weighted by atomic mass is 10.2. The molecule has 0 bridgehead atoms. The molecule has 136 valence electrons. The van der Waals surface area contributed by atoms with Crippen molar-refractivity contribution in [2.45, 2.75) is 31.5 Å². The van der Waals surface area contributed by atoms with Gasteiger partial charge in [0.05, 0.1) is 12.8 Å². The molecule has 1 aromatic carbocycles. The molecule has 0 amide bonds. The van der Waals surface area contributed by atoms with Gasteiger partial charge in [-0.1, -0.05) is 35.5 Å². The van der Waals surface area contributed by atoms with Crippen molar-refractivity contribution in [1.29, 1.82) is 0 Å². The van der Waals surface area contributed by atoms with Gasteiger partial charge in [-0.05, 0) is 13.8 Å². The highest BCUT2D eigenvalue weighted by atomic mass is 31.2. The van der Waals surface area contributed by atoms with E-state index in [2.05, 4.69) is 10.3 Å². The summed E-state index contributed by atoms with van der Waals surface area (Å²) in [5.41, 5.74) is 1.56. The molecule has 25 heavy (non-hydrogen) atoms. The smallest absolute Gasteiger partial charge is 0.348 e. The molecule has 2 heterocycles. The van der Waals surface area contributed by atoms with Crippen molar-refractivity contribution in [3.05, 3.63) is 36.5 Å². The van der Waals surface area contributed by atoms with Crippen molar-refractivity contribution in [2.24, 2.45) is 0 Å². The summed E-state index contributed by atoms with van der Waals surface area (Å²) < 4.78 is 36.5. The second kappa shape index (κ2) is 6.97. The summed E-state index contributed by atoms with van der Waals surface area (Å²) >= 11 is 0. The van der Waals surface area contributed by atoms with Crippen LogP contribution in [0.3, 0.4) is 0 Å². The van der Waals surface area contributed by atoms with E-state index in [1.54, 1.807) is 20.0 Å². The Morgan fingerprint density at radius 1 is 1.28 bits per heavy atom. The monoisotopic (exact) mass is 367 g/mol. The van der Waals surface area contributed by atoms with E-state index in [0.29, 0.717) is 5.69 Å². The fourth-order valence-corrected chi connectivity index (χ4v) is 4.36. The standard InChI is InChI=1S/C16H22N3O5P/c1-16(2)23-11-14(24-16)15(25(20,21-3)22-4)19-10-13(17-18-19)12-8-6-5-7-9-12/h5-10,14-15H,11H2,1-4H3/t14?,15-/m1/s1. The van der Waals surface area contributed by atoms with E-state index in [-0.39, 0.29) is 6.61 Å². The fraction of sp³-hybridized carbons (Fsp3) is 0.500. The van der Waals surface area contributed by atoms with Crippen LogP contribution in [0.2, 0.25) is 0 Å². The molecule has 8 nitrogen and oxygen atoms in total. The zero-order valence-corrected chi connectivity index (χ0v) is 15.6. The Labute approximate surface area is 146 Å². The highest BCUT2D eigenvalue weighted by molar-refractivity contribution is 7.54. The molecule has 0 aliphatic carbocycles. The summed E-state index contributed by atoms with van der Waals surface area (Å²) in [6.45, 7) is 3.84. The number of nitrogens with zero attached hydrogens (tertiary/aromatic N) is 3. The summed E-state index contributed by atoms with van der Waals surface area (Å²) in [5, 5.41) is 8.33. The first-order chi connectivity index (χ1) is 11.9. The molecule has 2 aromatic rings. The van der Waals surface area contributed by atoms with E-state index in [1.807, 2.05) is 30.3 Å². The molecule has 1 aliphatic heterocycles. The molecule has 0 radical (unpaired) electrons. The molecule has 0 saturated carbocycles. The Balaban J connectivity index is 1.98. The minimum atomic E-state index is -3.54. The first-order valence-corrected chi connectivity index (χ1v) is 9.50. The highest BCUT2D eigenvalue weighted by Crippen LogP contribution is 2.60. The lowest BCUT2D eigenvalue weighted by Crippen LogP contribution is -2.30. The molecule has 0 N–H and O–H groups in total. The maximum Gasteiger partial charge on any atom is 0.357 e. The third-order valence-electron chi connectivity index (χ3n) is 4.05. The number of rotatable bonds is 6. The summed E-state index contributed by atoms with van der Waals surface area (Å²) in [7, 11) is -0.860. The van der Waals surface area contributed by atoms with Crippen molar-refractivity contribution >= 4 is 7.60 Å². The normalized spacial score (nSPS) is 21.4. The predicted molar refractivity (Wildman–Crippen MR) is 91.0 cm³/mol. The Kier molecular flexibility index (Phi) is 5.09. The van der Waals surface area contributed by atoms with Gasteiger partial charge >= 0.3 is 7.60 Å². The van der Waals surface area contributed by atoms with Crippen molar-refractivity contribution in [1.82, 2.24) is 15.0 Å². The second-order valence-electron chi connectivity index (χ2n) is 6.14. The Hall–Kier alpha value is -1.57. The highest BCUT2D eigenvalue weighted by Gasteiger charge is 2.49. The molecule has 1 aromatic heterocycles. The molecule has 1 fully saturated rings. The van der Waals surface area contributed by atoms with Crippen molar-refractivity contribution in [2.75, 3.05) is 20.8 Å². The van der Waals surface area contributed by atoms with Crippen molar-refractivity contribution in [3.63, 3.8) is 0 Å². The molecule has 1 unspecified atom stereocenters. The number of hydrogen-bond acceptors (Lipinski definition) is 7. The summed E-state index contributed by atoms with van der Waals surface area (Å²) in [6, 6.07) is 9.60. The molecule has 0 spiro atoms. The van der Waals surface area contributed by atoms with Gasteiger partial charge < -0.3 is 18.5 Å². The molecule has 3 rings (SSSR count). The molecule has 2 atom stereocenters. The summed E-state index contributed by atoms with van der Waals surface area (Å²) in [4.78, 5) is 0. The number of benzene rings is 1. The van der Waals surface area contributed by atoms with Crippen LogP contribution in [0.25, 0.3) is 11.3 Å². The van der Waals surface area contributed by atoms with E-state index in [4.69, 9.17) is 18.5 Å². The summed E-state index contributed by atoms with van der Waals surface area (Å²) in [6.07, 6.45) is 1.16. The van der Waals surface area contributed by atoms with Gasteiger partial charge in [0.1, 0.15) is 11.8 Å². The quantitative estimate of drug-likeness (QED) is 0.725. The van der Waals surface area contributed by atoms with Gasteiger partial charge in [-0.3, -0.25) is 4.57 Å². The van der Waals surface area contributed by atoms with Gasteiger partial charge in [0.25, 0.3) is 0 Å². The third kappa shape index (κ3) is 3.68. The largest absolute Gasteiger partial charge is 0.357 e. The zero-order valence-electron chi connectivity index (χ0n) is 14.7. The van der Waals surface area contributed by atoms with Crippen LogP contribution < -0.4 is 0 Å². The van der Waals surface area contributed by atoms with Crippen LogP contribution in [0.15, 0.2) is 36.5 Å². The molecular weight excluding hydrogens is 345 g/mol. The first-order valence-electron chi connectivity index (χ1n) is 7.89. The van der Waals surface area contributed by atoms with Crippen LogP contribution in [0.5, 0.6) is 0 Å². The average Bonchev–Trinajstić information content (AvgIpc) is 3.22. The maximum atomic E-state index is 13.1. The number of hydrogen-bond donors (Lipinski definition) is 0. The second-order valence-corrected chi connectivity index (χ2v) is 8.47. The molecular formula is C16H22N3O5P. The topological polar surface area (TPSA) is 84.7 Å². The van der Waals surface area contributed by atoms with Crippen LogP contribution in [-0.2, 0) is 23.1 Å². The van der Waals surface area contributed by atoms with Gasteiger partial charge in [-0.2, -0.15) is 0 Å². The van der Waals surface area contributed by atoms with Gasteiger partial charge in [0.15, 0.2) is 11.6 Å². The first kappa shape index (κ1) is 18.2. The van der Waals surface area contributed by atoms with E-state index < -0.39 is 25.3 Å². The maximum absolute atomic E-state index is 13.1. The zero-order chi connectivity index (χ0) is 18.1. The minimum Gasteiger partial charge on any atom is -0.348 e. The van der Waals surface area contributed by atoms with Crippen LogP contribution in [0.4, 0.5) is 0 Å². The molecule has 1 aliphatic rings. The van der Waals surface area contributed by atoms with E-state index in [0.717, 1.165) is 5.56 Å². The predicted octanol–water partition coefficient (Wildman–Crippen LogP) is 3.08. The third-order valence-corrected chi connectivity index (χ3v) is 6.28. The van der Waals surface area contributed by atoms with Gasteiger partial charge in [0, 0.05) is 19.8 Å². The van der Waals surface area contributed by atoms with E-state index in [9.17, 15) is 4.57 Å². The lowest BCUT2D eigenvalue weighted by molar-refractivity contribution is -0.141. The van der Waals surface area contributed by atoms with Crippen LogP contribution >= 0.6 is 7.60 Å². The van der Waals surface area contributed by atoms with Crippen molar-refractivity contribution in [3.8, 4) is 11.3 Å². The number of ether oxygens (including phenoxy) is 2. The molecule has 9 heteroatoms.